The standard InChI is InChI=1S/C13H22N4S2/c1-4-14-10-8-11(17-12(16-10)18-2)15-9-13(19-3)6-5-7-13/h8H,4-7,9H2,1-3H3,(H2,14,15,16,17). The van der Waals surface area contributed by atoms with Gasteiger partial charge < -0.3 is 10.6 Å². The molecule has 4 nitrogen and oxygen atoms in total. The third-order valence-corrected chi connectivity index (χ3v) is 5.50. The summed E-state index contributed by atoms with van der Waals surface area (Å²) in [4.78, 5) is 8.96. The highest BCUT2D eigenvalue weighted by molar-refractivity contribution is 8.00. The van der Waals surface area contributed by atoms with Gasteiger partial charge in [-0.2, -0.15) is 11.8 Å². The lowest BCUT2D eigenvalue weighted by atomic mass is 9.84. The summed E-state index contributed by atoms with van der Waals surface area (Å²) in [5.74, 6) is 1.83. The van der Waals surface area contributed by atoms with Crippen LogP contribution >= 0.6 is 23.5 Å². The van der Waals surface area contributed by atoms with Gasteiger partial charge in [-0.05, 0) is 32.3 Å². The quantitative estimate of drug-likeness (QED) is 0.595. The number of anilines is 2. The van der Waals surface area contributed by atoms with Gasteiger partial charge in [0.15, 0.2) is 5.16 Å². The molecule has 1 aliphatic rings. The van der Waals surface area contributed by atoms with E-state index in [-0.39, 0.29) is 0 Å². The Bertz CT molecular complexity index is 416. The van der Waals surface area contributed by atoms with Crippen LogP contribution in [0, 0.1) is 0 Å². The summed E-state index contributed by atoms with van der Waals surface area (Å²) < 4.78 is 0.419. The van der Waals surface area contributed by atoms with Crippen LogP contribution in [0.1, 0.15) is 26.2 Å². The number of hydrogen-bond acceptors (Lipinski definition) is 6. The highest BCUT2D eigenvalue weighted by Gasteiger charge is 2.35. The van der Waals surface area contributed by atoms with E-state index in [0.717, 1.165) is 29.9 Å². The Labute approximate surface area is 123 Å². The first-order valence-corrected chi connectivity index (χ1v) is 9.12. The van der Waals surface area contributed by atoms with Crippen molar-refractivity contribution >= 4 is 35.2 Å². The van der Waals surface area contributed by atoms with Gasteiger partial charge in [-0.1, -0.05) is 18.2 Å². The molecule has 0 unspecified atom stereocenters. The normalized spacial score (nSPS) is 16.8. The molecule has 0 amide bonds. The van der Waals surface area contributed by atoms with E-state index < -0.39 is 0 Å². The highest BCUT2D eigenvalue weighted by atomic mass is 32.2. The van der Waals surface area contributed by atoms with Crippen molar-refractivity contribution in [1.82, 2.24) is 9.97 Å². The van der Waals surface area contributed by atoms with Crippen LogP contribution in [0.4, 0.5) is 11.6 Å². The molecule has 1 saturated carbocycles. The van der Waals surface area contributed by atoms with Crippen LogP contribution in [0.5, 0.6) is 0 Å². The Hall–Kier alpha value is -0.620. The lowest BCUT2D eigenvalue weighted by Crippen LogP contribution is -2.40. The van der Waals surface area contributed by atoms with Gasteiger partial charge in [-0.15, -0.1) is 0 Å². The molecule has 0 bridgehead atoms. The summed E-state index contributed by atoms with van der Waals surface area (Å²) in [7, 11) is 0. The molecule has 6 heteroatoms. The van der Waals surface area contributed by atoms with Crippen molar-refractivity contribution in [3.05, 3.63) is 6.07 Å². The highest BCUT2D eigenvalue weighted by Crippen LogP contribution is 2.42. The van der Waals surface area contributed by atoms with E-state index in [9.17, 15) is 0 Å². The molecule has 1 fully saturated rings. The Morgan fingerprint density at radius 3 is 2.37 bits per heavy atom. The first-order chi connectivity index (χ1) is 9.21. The van der Waals surface area contributed by atoms with Gasteiger partial charge in [-0.3, -0.25) is 0 Å². The molecule has 1 aromatic heterocycles. The number of nitrogens with one attached hydrogen (secondary N) is 2. The molecule has 1 heterocycles. The molecule has 1 aromatic rings. The Kier molecular flexibility index (Phi) is 5.21. The van der Waals surface area contributed by atoms with E-state index in [4.69, 9.17) is 0 Å². The summed E-state index contributed by atoms with van der Waals surface area (Å²) in [5, 5.41) is 7.55. The number of thioether (sulfide) groups is 2. The smallest absolute Gasteiger partial charge is 0.191 e. The number of nitrogens with zero attached hydrogens (tertiary/aromatic N) is 2. The van der Waals surface area contributed by atoms with Crippen LogP contribution in [-0.2, 0) is 0 Å². The van der Waals surface area contributed by atoms with Crippen molar-refractivity contribution in [2.75, 3.05) is 36.2 Å². The summed E-state index contributed by atoms with van der Waals surface area (Å²) >= 11 is 3.55. The van der Waals surface area contributed by atoms with Crippen LogP contribution in [0.2, 0.25) is 0 Å². The van der Waals surface area contributed by atoms with E-state index in [1.807, 2.05) is 24.1 Å². The van der Waals surface area contributed by atoms with Gasteiger partial charge >= 0.3 is 0 Å². The van der Waals surface area contributed by atoms with Crippen molar-refractivity contribution in [3.63, 3.8) is 0 Å². The van der Waals surface area contributed by atoms with Crippen LogP contribution in [0.25, 0.3) is 0 Å². The number of rotatable bonds is 7. The van der Waals surface area contributed by atoms with E-state index in [1.165, 1.54) is 19.3 Å². The predicted octanol–water partition coefficient (Wildman–Crippen LogP) is 3.33. The van der Waals surface area contributed by atoms with Gasteiger partial charge in [0, 0.05) is 23.9 Å². The zero-order valence-corrected chi connectivity index (χ0v) is 13.5. The zero-order valence-electron chi connectivity index (χ0n) is 11.8. The molecule has 0 atom stereocenters. The monoisotopic (exact) mass is 298 g/mol. The molecule has 19 heavy (non-hydrogen) atoms. The fourth-order valence-electron chi connectivity index (χ4n) is 2.15. The third-order valence-electron chi connectivity index (χ3n) is 3.54. The lowest BCUT2D eigenvalue weighted by Gasteiger charge is -2.40. The van der Waals surface area contributed by atoms with Gasteiger partial charge in [0.05, 0.1) is 0 Å². The van der Waals surface area contributed by atoms with Crippen LogP contribution in [-0.4, -0.2) is 40.3 Å². The first kappa shape index (κ1) is 14.8. The molecular weight excluding hydrogens is 276 g/mol. The average Bonchev–Trinajstić information content (AvgIpc) is 2.38. The molecule has 106 valence electrons. The second kappa shape index (κ2) is 6.70. The van der Waals surface area contributed by atoms with Crippen LogP contribution in [0.15, 0.2) is 11.2 Å². The molecule has 0 saturated heterocycles. The van der Waals surface area contributed by atoms with E-state index >= 15 is 0 Å². The van der Waals surface area contributed by atoms with Crippen molar-refractivity contribution in [2.24, 2.45) is 0 Å². The first-order valence-electron chi connectivity index (χ1n) is 6.67. The average molecular weight is 298 g/mol. The summed E-state index contributed by atoms with van der Waals surface area (Å²) in [6.07, 6.45) is 8.18. The minimum Gasteiger partial charge on any atom is -0.370 e. The summed E-state index contributed by atoms with van der Waals surface area (Å²) in [6.45, 7) is 3.94. The maximum atomic E-state index is 4.52. The molecule has 0 radical (unpaired) electrons. The van der Waals surface area contributed by atoms with Gasteiger partial charge in [0.1, 0.15) is 11.6 Å². The topological polar surface area (TPSA) is 49.8 Å². The summed E-state index contributed by atoms with van der Waals surface area (Å²) in [6, 6.07) is 2.00. The molecule has 2 rings (SSSR count). The molecule has 1 aliphatic carbocycles. The Morgan fingerprint density at radius 1 is 1.21 bits per heavy atom. The second-order valence-electron chi connectivity index (χ2n) is 4.75. The third kappa shape index (κ3) is 3.69. The van der Waals surface area contributed by atoms with E-state index in [0.29, 0.717) is 4.75 Å². The maximum Gasteiger partial charge on any atom is 0.191 e. The van der Waals surface area contributed by atoms with Gasteiger partial charge in [0.2, 0.25) is 0 Å². The predicted molar refractivity (Wildman–Crippen MR) is 86.6 cm³/mol. The van der Waals surface area contributed by atoms with Crippen molar-refractivity contribution in [3.8, 4) is 0 Å². The largest absolute Gasteiger partial charge is 0.370 e. The zero-order chi connectivity index (χ0) is 13.7. The van der Waals surface area contributed by atoms with E-state index in [2.05, 4.69) is 33.8 Å². The Balaban J connectivity index is 2.04. The minimum atomic E-state index is 0.419. The lowest BCUT2D eigenvalue weighted by molar-refractivity contribution is 0.379. The molecule has 0 aliphatic heterocycles. The van der Waals surface area contributed by atoms with E-state index in [1.54, 1.807) is 11.8 Å². The Morgan fingerprint density at radius 2 is 1.89 bits per heavy atom. The van der Waals surface area contributed by atoms with Crippen molar-refractivity contribution in [2.45, 2.75) is 36.1 Å². The fraction of sp³-hybridized carbons (Fsp3) is 0.692. The molecule has 0 spiro atoms. The van der Waals surface area contributed by atoms with Crippen molar-refractivity contribution in [1.29, 1.82) is 0 Å². The maximum absolute atomic E-state index is 4.52. The van der Waals surface area contributed by atoms with Gasteiger partial charge in [-0.25, -0.2) is 9.97 Å². The molecular formula is C13H22N4S2. The molecule has 2 N–H and O–H groups in total. The fourth-order valence-corrected chi connectivity index (χ4v) is 3.45. The van der Waals surface area contributed by atoms with Gasteiger partial charge in [0.25, 0.3) is 0 Å². The SMILES string of the molecule is CCNc1cc(NCC2(SC)CCC2)nc(SC)n1. The van der Waals surface area contributed by atoms with Crippen LogP contribution in [0.3, 0.4) is 0 Å². The number of hydrogen-bond donors (Lipinski definition) is 2. The number of aromatic nitrogens is 2. The molecule has 0 aromatic carbocycles. The summed E-state index contributed by atoms with van der Waals surface area (Å²) in [5.41, 5.74) is 0. The second-order valence-corrected chi connectivity index (χ2v) is 6.80. The van der Waals surface area contributed by atoms with Crippen molar-refractivity contribution < 1.29 is 0 Å². The van der Waals surface area contributed by atoms with Crippen LogP contribution < -0.4 is 10.6 Å². The minimum absolute atomic E-state index is 0.419.